The average molecular weight is 568 g/mol. The number of hydrogen-bond donors (Lipinski definition) is 5. The van der Waals surface area contributed by atoms with E-state index in [1.165, 1.54) is 6.07 Å². The number of aromatic hydroxyl groups is 2. The van der Waals surface area contributed by atoms with E-state index in [2.05, 4.69) is 6.92 Å². The summed E-state index contributed by atoms with van der Waals surface area (Å²) >= 11 is 0. The number of nitrogens with zero attached hydrogens (tertiary/aromatic N) is 1. The fourth-order valence-corrected chi connectivity index (χ4v) is 7.48. The highest BCUT2D eigenvalue weighted by Crippen LogP contribution is 2.54. The second-order valence-electron chi connectivity index (χ2n) is 12.7. The Morgan fingerprint density at radius 3 is 2.41 bits per heavy atom. The minimum atomic E-state index is -1.48. The van der Waals surface area contributed by atoms with Crippen LogP contribution in [0, 0.1) is 0 Å². The Labute approximate surface area is 238 Å². The molecule has 0 amide bonds. The summed E-state index contributed by atoms with van der Waals surface area (Å²) in [5.74, 6) is -2.42. The van der Waals surface area contributed by atoms with Crippen LogP contribution in [0.1, 0.15) is 101 Å². The van der Waals surface area contributed by atoms with Gasteiger partial charge in [0, 0.05) is 23.1 Å². The number of hydrogen-bond acceptors (Lipinski definition) is 10. The van der Waals surface area contributed by atoms with Gasteiger partial charge in [0.05, 0.1) is 28.3 Å². The lowest BCUT2D eigenvalue weighted by atomic mass is 9.69. The number of aliphatic hydroxyl groups is 3. The fourth-order valence-electron chi connectivity index (χ4n) is 7.48. The SMILES string of the molecule is CCCCC1CC(C)(O)Cc2cc3c(c(O)c21)C(=O)c1c(O)cc2c(c1C3=O)OC1OC2(C)C(O)C(N(C)C)C1O. The second-order valence-corrected chi connectivity index (χ2v) is 12.7. The van der Waals surface area contributed by atoms with Crippen molar-refractivity contribution in [3.8, 4) is 17.2 Å². The van der Waals surface area contributed by atoms with Crippen molar-refractivity contribution >= 4 is 11.6 Å². The standard InChI is InChI=1S/C31H37NO9/c1-6-7-8-13-11-30(2,39)12-14-9-15-19(24(35)18(13)14)25(36)20-17(33)10-16-27(21(20)23(15)34)40-29-26(37)22(32(4)5)28(38)31(16,3)41-29/h9-10,13,22,26,28-29,33,35,37-39H,6-8,11-12H2,1-5H3. The zero-order valence-electron chi connectivity index (χ0n) is 23.9. The van der Waals surface area contributed by atoms with E-state index >= 15 is 0 Å². The second kappa shape index (κ2) is 9.24. The van der Waals surface area contributed by atoms with Crippen LogP contribution >= 0.6 is 0 Å². The predicted octanol–water partition coefficient (Wildman–Crippen LogP) is 2.46. The van der Waals surface area contributed by atoms with Crippen LogP contribution in [0.25, 0.3) is 0 Å². The number of aliphatic hydroxyl groups excluding tert-OH is 2. The van der Waals surface area contributed by atoms with Crippen LogP contribution in [0.5, 0.6) is 17.2 Å². The van der Waals surface area contributed by atoms with E-state index in [1.54, 1.807) is 38.9 Å². The number of carbonyl (C=O) groups is 2. The molecule has 0 saturated carbocycles. The molecule has 0 spiro atoms. The molecular weight excluding hydrogens is 530 g/mol. The number of ketones is 2. The lowest BCUT2D eigenvalue weighted by molar-refractivity contribution is -0.311. The first-order valence-corrected chi connectivity index (χ1v) is 14.2. The number of fused-ring (bicyclic) bond motifs is 8. The highest BCUT2D eigenvalue weighted by molar-refractivity contribution is 6.31. The number of phenols is 2. The molecule has 1 fully saturated rings. The molecule has 2 heterocycles. The van der Waals surface area contributed by atoms with Crippen molar-refractivity contribution in [2.45, 2.75) is 94.5 Å². The minimum absolute atomic E-state index is 0.0452. The first-order chi connectivity index (χ1) is 19.2. The van der Waals surface area contributed by atoms with E-state index in [1.807, 2.05) is 0 Å². The molecule has 0 radical (unpaired) electrons. The van der Waals surface area contributed by atoms with Crippen molar-refractivity contribution < 1.29 is 44.6 Å². The number of unbranched alkanes of at least 4 members (excludes halogenated alkanes) is 1. The van der Waals surface area contributed by atoms with Crippen LogP contribution in [0.3, 0.4) is 0 Å². The van der Waals surface area contributed by atoms with Crippen molar-refractivity contribution in [1.29, 1.82) is 0 Å². The average Bonchev–Trinajstić information content (AvgIpc) is 2.88. The summed E-state index contributed by atoms with van der Waals surface area (Å²) in [6.45, 7) is 5.37. The molecule has 0 aromatic heterocycles. The first-order valence-electron chi connectivity index (χ1n) is 14.2. The molecular formula is C31H37NO9. The molecule has 7 unspecified atom stereocenters. The van der Waals surface area contributed by atoms with Crippen LogP contribution in [-0.2, 0) is 16.8 Å². The zero-order chi connectivity index (χ0) is 29.8. The van der Waals surface area contributed by atoms with Crippen LogP contribution in [-0.4, -0.2) is 86.2 Å². The van der Waals surface area contributed by atoms with Gasteiger partial charge < -0.3 is 39.9 Å². The van der Waals surface area contributed by atoms with Gasteiger partial charge in [-0.2, -0.15) is 0 Å². The number of carbonyl (C=O) groups excluding carboxylic acids is 2. The molecule has 10 nitrogen and oxygen atoms in total. The molecule has 220 valence electrons. The molecule has 4 aliphatic rings. The maximum atomic E-state index is 14.2. The Bertz CT molecular complexity index is 1480. The third-order valence-corrected chi connectivity index (χ3v) is 9.43. The molecule has 7 atom stereocenters. The van der Waals surface area contributed by atoms with Gasteiger partial charge in [-0.25, -0.2) is 0 Å². The lowest BCUT2D eigenvalue weighted by Crippen LogP contribution is -2.68. The Morgan fingerprint density at radius 1 is 1.05 bits per heavy atom. The molecule has 6 rings (SSSR count). The van der Waals surface area contributed by atoms with E-state index in [0.717, 1.165) is 12.8 Å². The highest BCUT2D eigenvalue weighted by atomic mass is 16.7. The Kier molecular flexibility index (Phi) is 6.34. The van der Waals surface area contributed by atoms with E-state index in [0.29, 0.717) is 24.0 Å². The summed E-state index contributed by atoms with van der Waals surface area (Å²) in [6.07, 6.45) is -0.710. The summed E-state index contributed by atoms with van der Waals surface area (Å²) in [5, 5.41) is 56.1. The number of ether oxygens (including phenoxy) is 2. The van der Waals surface area contributed by atoms with Crippen LogP contribution < -0.4 is 4.74 Å². The fraction of sp³-hybridized carbons (Fsp3) is 0.548. The van der Waals surface area contributed by atoms with E-state index < -0.39 is 53.1 Å². The van der Waals surface area contributed by atoms with E-state index in [9.17, 15) is 35.1 Å². The van der Waals surface area contributed by atoms with Gasteiger partial charge in [0.15, 0.2) is 5.78 Å². The van der Waals surface area contributed by atoms with Crippen molar-refractivity contribution in [2.24, 2.45) is 0 Å². The maximum absolute atomic E-state index is 14.2. The summed E-state index contributed by atoms with van der Waals surface area (Å²) in [4.78, 5) is 29.8. The molecule has 2 aromatic rings. The third kappa shape index (κ3) is 3.88. The number of benzene rings is 2. The molecule has 41 heavy (non-hydrogen) atoms. The highest BCUT2D eigenvalue weighted by Gasteiger charge is 2.59. The van der Waals surface area contributed by atoms with E-state index in [-0.39, 0.29) is 51.7 Å². The maximum Gasteiger partial charge on any atom is 0.228 e. The summed E-state index contributed by atoms with van der Waals surface area (Å²) < 4.78 is 12.0. The smallest absolute Gasteiger partial charge is 0.228 e. The monoisotopic (exact) mass is 567 g/mol. The molecule has 1 saturated heterocycles. The molecule has 10 heteroatoms. The van der Waals surface area contributed by atoms with Crippen molar-refractivity contribution in [2.75, 3.05) is 14.1 Å². The molecule has 2 aromatic carbocycles. The van der Waals surface area contributed by atoms with Gasteiger partial charge in [0.25, 0.3) is 0 Å². The van der Waals surface area contributed by atoms with Gasteiger partial charge in [-0.3, -0.25) is 9.59 Å². The third-order valence-electron chi connectivity index (χ3n) is 9.43. The summed E-state index contributed by atoms with van der Waals surface area (Å²) in [6, 6.07) is 2.05. The summed E-state index contributed by atoms with van der Waals surface area (Å²) in [5.41, 5.74) is -1.92. The van der Waals surface area contributed by atoms with Gasteiger partial charge in [-0.05, 0) is 64.4 Å². The largest absolute Gasteiger partial charge is 0.507 e. The Hall–Kier alpha value is -3.02. The topological polar surface area (TPSA) is 157 Å². The van der Waals surface area contributed by atoms with Crippen molar-refractivity contribution in [3.05, 3.63) is 51.1 Å². The van der Waals surface area contributed by atoms with Crippen LogP contribution in [0.4, 0.5) is 0 Å². The quantitative estimate of drug-likeness (QED) is 0.317. The number of rotatable bonds is 4. The van der Waals surface area contributed by atoms with Crippen molar-refractivity contribution in [1.82, 2.24) is 4.90 Å². The predicted molar refractivity (Wildman–Crippen MR) is 147 cm³/mol. The van der Waals surface area contributed by atoms with Gasteiger partial charge in [-0.1, -0.05) is 19.8 Å². The Morgan fingerprint density at radius 2 is 1.76 bits per heavy atom. The van der Waals surface area contributed by atoms with E-state index in [4.69, 9.17) is 9.47 Å². The minimum Gasteiger partial charge on any atom is -0.507 e. The number of phenolic OH excluding ortho intramolecular Hbond substituents is 2. The first kappa shape index (κ1) is 28.1. The van der Waals surface area contributed by atoms with Crippen LogP contribution in [0.2, 0.25) is 0 Å². The molecule has 2 aliphatic heterocycles. The Balaban J connectivity index is 1.55. The molecule has 5 N–H and O–H groups in total. The van der Waals surface area contributed by atoms with Crippen molar-refractivity contribution in [3.63, 3.8) is 0 Å². The van der Waals surface area contributed by atoms with Gasteiger partial charge in [0.1, 0.15) is 35.1 Å². The molecule has 2 bridgehead atoms. The normalized spacial score (nSPS) is 33.5. The number of likely N-dealkylation sites (N-methyl/N-ethyl adjacent to an activating group) is 1. The van der Waals surface area contributed by atoms with Gasteiger partial charge in [-0.15, -0.1) is 0 Å². The summed E-state index contributed by atoms with van der Waals surface area (Å²) in [7, 11) is 3.40. The van der Waals surface area contributed by atoms with Crippen LogP contribution in [0.15, 0.2) is 12.1 Å². The van der Waals surface area contributed by atoms with Gasteiger partial charge >= 0.3 is 0 Å². The zero-order valence-corrected chi connectivity index (χ0v) is 23.9. The lowest BCUT2D eigenvalue weighted by Gasteiger charge is -2.53. The van der Waals surface area contributed by atoms with Gasteiger partial charge in [0.2, 0.25) is 12.1 Å². The molecule has 2 aliphatic carbocycles.